The molecule has 2 rings (SSSR count). The van der Waals surface area contributed by atoms with Crippen molar-refractivity contribution in [2.45, 2.75) is 18.9 Å². The predicted octanol–water partition coefficient (Wildman–Crippen LogP) is 1.20. The van der Waals surface area contributed by atoms with Crippen LogP contribution in [0.2, 0.25) is 5.02 Å². The molecular formula is C15H19ClN4O3. The van der Waals surface area contributed by atoms with Crippen LogP contribution in [-0.2, 0) is 9.59 Å². The van der Waals surface area contributed by atoms with E-state index in [4.69, 9.17) is 11.6 Å². The molecule has 1 saturated heterocycles. The first-order valence-electron chi connectivity index (χ1n) is 7.32. The van der Waals surface area contributed by atoms with Crippen molar-refractivity contribution in [1.29, 1.82) is 0 Å². The average molecular weight is 339 g/mol. The molecule has 3 N–H and O–H groups in total. The first-order chi connectivity index (χ1) is 11.0. The van der Waals surface area contributed by atoms with E-state index in [0.29, 0.717) is 23.7 Å². The van der Waals surface area contributed by atoms with Gasteiger partial charge in [0, 0.05) is 24.3 Å². The van der Waals surface area contributed by atoms with Gasteiger partial charge in [0.15, 0.2) is 0 Å². The van der Waals surface area contributed by atoms with E-state index in [2.05, 4.69) is 16.0 Å². The predicted molar refractivity (Wildman–Crippen MR) is 87.3 cm³/mol. The maximum Gasteiger partial charge on any atom is 0.319 e. The van der Waals surface area contributed by atoms with Crippen LogP contribution in [0.1, 0.15) is 12.8 Å². The van der Waals surface area contributed by atoms with Crippen LogP contribution in [0.25, 0.3) is 0 Å². The molecule has 0 unspecified atom stereocenters. The smallest absolute Gasteiger partial charge is 0.319 e. The highest BCUT2D eigenvalue weighted by molar-refractivity contribution is 6.30. The van der Waals surface area contributed by atoms with Gasteiger partial charge in [-0.2, -0.15) is 0 Å². The number of carbonyl (C=O) groups excluding carboxylic acids is 3. The first kappa shape index (κ1) is 17.1. The van der Waals surface area contributed by atoms with Crippen molar-refractivity contribution in [3.63, 3.8) is 0 Å². The highest BCUT2D eigenvalue weighted by Crippen LogP contribution is 2.17. The lowest BCUT2D eigenvalue weighted by molar-refractivity contribution is -0.137. The standard InChI is InChI=1S/C15H19ClN4O3/c1-17-14(22)12-3-2-8-20(12)13(21)9-18-15(23)19-11-6-4-10(16)5-7-11/h4-7,12H,2-3,8-9H2,1H3,(H,17,22)(H2,18,19,23)/t12-/m0/s1. The van der Waals surface area contributed by atoms with Gasteiger partial charge in [0.1, 0.15) is 6.04 Å². The maximum absolute atomic E-state index is 12.2. The van der Waals surface area contributed by atoms with E-state index in [9.17, 15) is 14.4 Å². The molecule has 4 amide bonds. The second-order valence-electron chi connectivity index (χ2n) is 5.17. The van der Waals surface area contributed by atoms with Crippen LogP contribution in [0.3, 0.4) is 0 Å². The van der Waals surface area contributed by atoms with Crippen LogP contribution in [0.4, 0.5) is 10.5 Å². The topological polar surface area (TPSA) is 90.5 Å². The Hall–Kier alpha value is -2.28. The number of likely N-dealkylation sites (N-methyl/N-ethyl adjacent to an activating group) is 1. The molecule has 0 saturated carbocycles. The van der Waals surface area contributed by atoms with Gasteiger partial charge in [-0.25, -0.2) is 4.79 Å². The molecule has 0 aromatic heterocycles. The normalized spacial score (nSPS) is 16.8. The number of halogens is 1. The molecule has 0 aliphatic carbocycles. The number of urea groups is 1. The van der Waals surface area contributed by atoms with E-state index in [-0.39, 0.29) is 18.4 Å². The lowest BCUT2D eigenvalue weighted by Gasteiger charge is -2.23. The zero-order valence-electron chi connectivity index (χ0n) is 12.8. The third-order valence-corrected chi connectivity index (χ3v) is 3.88. The lowest BCUT2D eigenvalue weighted by Crippen LogP contribution is -2.48. The van der Waals surface area contributed by atoms with Gasteiger partial charge in [-0.3, -0.25) is 9.59 Å². The summed E-state index contributed by atoms with van der Waals surface area (Å²) in [7, 11) is 1.54. The van der Waals surface area contributed by atoms with Crippen molar-refractivity contribution in [1.82, 2.24) is 15.5 Å². The molecule has 1 fully saturated rings. The Balaban J connectivity index is 1.82. The van der Waals surface area contributed by atoms with Crippen molar-refractivity contribution in [2.75, 3.05) is 25.5 Å². The first-order valence-corrected chi connectivity index (χ1v) is 7.70. The molecule has 1 aliphatic heterocycles. The van der Waals surface area contributed by atoms with Gasteiger partial charge in [-0.1, -0.05) is 11.6 Å². The van der Waals surface area contributed by atoms with Gasteiger partial charge in [0.2, 0.25) is 11.8 Å². The molecule has 7 nitrogen and oxygen atoms in total. The minimum atomic E-state index is -0.489. The molecule has 1 heterocycles. The maximum atomic E-state index is 12.2. The van der Waals surface area contributed by atoms with E-state index >= 15 is 0 Å². The van der Waals surface area contributed by atoms with Crippen LogP contribution in [0.5, 0.6) is 0 Å². The SMILES string of the molecule is CNC(=O)[C@@H]1CCCN1C(=O)CNC(=O)Nc1ccc(Cl)cc1. The lowest BCUT2D eigenvalue weighted by atomic mass is 10.2. The number of hydrogen-bond donors (Lipinski definition) is 3. The summed E-state index contributed by atoms with van der Waals surface area (Å²) in [5.41, 5.74) is 0.573. The van der Waals surface area contributed by atoms with E-state index in [1.807, 2.05) is 0 Å². The molecule has 8 heteroatoms. The summed E-state index contributed by atoms with van der Waals surface area (Å²) >= 11 is 5.76. The van der Waals surface area contributed by atoms with Crippen LogP contribution >= 0.6 is 11.6 Å². The van der Waals surface area contributed by atoms with E-state index in [1.54, 1.807) is 31.3 Å². The van der Waals surface area contributed by atoms with Gasteiger partial charge in [0.25, 0.3) is 0 Å². The van der Waals surface area contributed by atoms with Gasteiger partial charge in [0.05, 0.1) is 6.54 Å². The number of benzene rings is 1. The van der Waals surface area contributed by atoms with Crippen molar-refractivity contribution in [3.8, 4) is 0 Å². The monoisotopic (exact) mass is 338 g/mol. The average Bonchev–Trinajstić information content (AvgIpc) is 3.03. The number of anilines is 1. The molecule has 23 heavy (non-hydrogen) atoms. The fourth-order valence-corrected chi connectivity index (χ4v) is 2.60. The number of likely N-dealkylation sites (tertiary alicyclic amines) is 1. The van der Waals surface area contributed by atoms with Gasteiger partial charge in [-0.15, -0.1) is 0 Å². The second kappa shape index (κ2) is 7.82. The number of carbonyl (C=O) groups is 3. The molecular weight excluding hydrogens is 320 g/mol. The van der Waals surface area contributed by atoms with Crippen LogP contribution in [0, 0.1) is 0 Å². The molecule has 0 radical (unpaired) electrons. The Bertz CT molecular complexity index is 591. The molecule has 1 aliphatic rings. The fourth-order valence-electron chi connectivity index (χ4n) is 2.47. The Kier molecular flexibility index (Phi) is 5.81. The highest BCUT2D eigenvalue weighted by atomic mass is 35.5. The fraction of sp³-hybridized carbons (Fsp3) is 0.400. The third-order valence-electron chi connectivity index (χ3n) is 3.62. The van der Waals surface area contributed by atoms with Crippen molar-refractivity contribution < 1.29 is 14.4 Å². The summed E-state index contributed by atoms with van der Waals surface area (Å²) in [4.78, 5) is 37.2. The molecule has 124 valence electrons. The van der Waals surface area contributed by atoms with Gasteiger partial charge >= 0.3 is 6.03 Å². The van der Waals surface area contributed by atoms with E-state index < -0.39 is 12.1 Å². The van der Waals surface area contributed by atoms with Crippen molar-refractivity contribution in [3.05, 3.63) is 29.3 Å². The van der Waals surface area contributed by atoms with Crippen LogP contribution < -0.4 is 16.0 Å². The summed E-state index contributed by atoms with van der Waals surface area (Å²) in [6, 6.07) is 5.68. The summed E-state index contributed by atoms with van der Waals surface area (Å²) in [6.45, 7) is 0.365. The molecule has 1 atom stereocenters. The highest BCUT2D eigenvalue weighted by Gasteiger charge is 2.33. The van der Waals surface area contributed by atoms with Crippen LogP contribution in [-0.4, -0.2) is 48.9 Å². The number of hydrogen-bond acceptors (Lipinski definition) is 3. The largest absolute Gasteiger partial charge is 0.357 e. The van der Waals surface area contributed by atoms with Crippen molar-refractivity contribution >= 4 is 35.1 Å². The number of rotatable bonds is 4. The summed E-state index contributed by atoms with van der Waals surface area (Å²) in [6.07, 6.45) is 1.42. The van der Waals surface area contributed by atoms with Crippen molar-refractivity contribution in [2.24, 2.45) is 0 Å². The third kappa shape index (κ3) is 4.59. The number of nitrogens with one attached hydrogen (secondary N) is 3. The molecule has 1 aromatic rings. The Morgan fingerprint density at radius 3 is 2.61 bits per heavy atom. The summed E-state index contributed by atoms with van der Waals surface area (Å²) in [5, 5.41) is 8.22. The van der Waals surface area contributed by atoms with Crippen LogP contribution in [0.15, 0.2) is 24.3 Å². The molecule has 0 bridgehead atoms. The zero-order valence-corrected chi connectivity index (χ0v) is 13.5. The summed E-state index contributed by atoms with van der Waals surface area (Å²) in [5.74, 6) is -0.455. The van der Waals surface area contributed by atoms with Gasteiger partial charge in [-0.05, 0) is 37.1 Å². The quantitative estimate of drug-likeness (QED) is 0.770. The Morgan fingerprint density at radius 2 is 1.96 bits per heavy atom. The number of nitrogens with zero attached hydrogens (tertiary/aromatic N) is 1. The Labute approximate surface area is 139 Å². The summed E-state index contributed by atoms with van der Waals surface area (Å²) < 4.78 is 0. The number of amides is 4. The second-order valence-corrected chi connectivity index (χ2v) is 5.61. The van der Waals surface area contributed by atoms with Gasteiger partial charge < -0.3 is 20.9 Å². The van der Waals surface area contributed by atoms with E-state index in [0.717, 1.165) is 6.42 Å². The minimum absolute atomic E-state index is 0.160. The minimum Gasteiger partial charge on any atom is -0.357 e. The Morgan fingerprint density at radius 1 is 1.26 bits per heavy atom. The van der Waals surface area contributed by atoms with E-state index in [1.165, 1.54) is 4.90 Å². The molecule has 1 aromatic carbocycles. The molecule has 0 spiro atoms. The zero-order chi connectivity index (χ0) is 16.8.